The van der Waals surface area contributed by atoms with E-state index in [9.17, 15) is 4.79 Å². The minimum Gasteiger partial charge on any atom is -0.480 e. The number of carboxylic acid groups (broad SMARTS) is 1. The normalized spacial score (nSPS) is 14.7. The van der Waals surface area contributed by atoms with Crippen LogP contribution in [0.1, 0.15) is 18.9 Å². The van der Waals surface area contributed by atoms with Gasteiger partial charge in [-0.25, -0.2) is 4.79 Å². The second-order valence-electron chi connectivity index (χ2n) is 3.25. The maximum absolute atomic E-state index is 11.1. The molecule has 0 bridgehead atoms. The minimum atomic E-state index is -1.46. The Bertz CT molecular complexity index is 395. The molecule has 0 aliphatic heterocycles. The Morgan fingerprint density at radius 3 is 2.53 bits per heavy atom. The first-order valence-corrected chi connectivity index (χ1v) is 5.15. The van der Waals surface area contributed by atoms with Crippen LogP contribution in [0.25, 0.3) is 0 Å². The van der Waals surface area contributed by atoms with Gasteiger partial charge in [0.15, 0.2) is 0 Å². The van der Waals surface area contributed by atoms with Crippen molar-refractivity contribution < 1.29 is 9.90 Å². The van der Waals surface area contributed by atoms with E-state index in [1.165, 1.54) is 6.07 Å². The number of hydrogen-bond acceptors (Lipinski definition) is 2. The van der Waals surface area contributed by atoms with Gasteiger partial charge >= 0.3 is 5.97 Å². The molecule has 3 nitrogen and oxygen atoms in total. The number of aliphatic carboxylic acids is 1. The average Bonchev–Trinajstić information content (AvgIpc) is 2.16. The zero-order valence-corrected chi connectivity index (χ0v) is 9.64. The summed E-state index contributed by atoms with van der Waals surface area (Å²) >= 11 is 11.6. The first-order valence-electron chi connectivity index (χ1n) is 4.39. The molecule has 0 aliphatic carbocycles. The van der Waals surface area contributed by atoms with Crippen LogP contribution in [-0.4, -0.2) is 11.1 Å². The molecule has 0 fully saturated rings. The minimum absolute atomic E-state index is 0.254. The Morgan fingerprint density at radius 2 is 2.13 bits per heavy atom. The predicted octanol–water partition coefficient (Wildman–Crippen LogP) is 2.64. The van der Waals surface area contributed by atoms with E-state index in [0.29, 0.717) is 10.6 Å². The van der Waals surface area contributed by atoms with E-state index in [1.807, 2.05) is 0 Å². The standard InChI is InChI=1S/C10H11Cl2NO2/c1-2-10(13,9(14)15)7-4-3-6(11)5-8(7)12/h3-5H,2,13H2,1H3,(H,14,15). The van der Waals surface area contributed by atoms with E-state index < -0.39 is 11.5 Å². The van der Waals surface area contributed by atoms with Crippen molar-refractivity contribution >= 4 is 29.2 Å². The Hall–Kier alpha value is -0.770. The van der Waals surface area contributed by atoms with Crippen LogP contribution < -0.4 is 5.73 Å². The van der Waals surface area contributed by atoms with Crippen LogP contribution in [0.4, 0.5) is 0 Å². The molecule has 15 heavy (non-hydrogen) atoms. The Morgan fingerprint density at radius 1 is 1.53 bits per heavy atom. The molecule has 1 atom stereocenters. The summed E-state index contributed by atoms with van der Waals surface area (Å²) < 4.78 is 0. The van der Waals surface area contributed by atoms with Gasteiger partial charge in [0.05, 0.1) is 0 Å². The molecule has 0 aliphatic rings. The molecule has 1 unspecified atom stereocenters. The molecule has 3 N–H and O–H groups in total. The maximum Gasteiger partial charge on any atom is 0.328 e. The lowest BCUT2D eigenvalue weighted by atomic mass is 9.88. The van der Waals surface area contributed by atoms with E-state index in [0.717, 1.165) is 0 Å². The molecular weight excluding hydrogens is 237 g/mol. The molecule has 5 heteroatoms. The molecule has 1 rings (SSSR count). The molecule has 82 valence electrons. The van der Waals surface area contributed by atoms with Crippen LogP contribution in [0.2, 0.25) is 10.0 Å². The number of carboxylic acids is 1. The van der Waals surface area contributed by atoms with Gasteiger partial charge in [-0.1, -0.05) is 36.2 Å². The van der Waals surface area contributed by atoms with Crippen LogP contribution in [0.5, 0.6) is 0 Å². The van der Waals surface area contributed by atoms with Gasteiger partial charge in [-0.2, -0.15) is 0 Å². The summed E-state index contributed by atoms with van der Waals surface area (Å²) in [5, 5.41) is 9.79. The summed E-state index contributed by atoms with van der Waals surface area (Å²) in [5.41, 5.74) is 4.71. The largest absolute Gasteiger partial charge is 0.480 e. The van der Waals surface area contributed by atoms with Gasteiger partial charge in [0.2, 0.25) is 0 Å². The highest BCUT2D eigenvalue weighted by atomic mass is 35.5. The maximum atomic E-state index is 11.1. The summed E-state index contributed by atoms with van der Waals surface area (Å²) in [6.45, 7) is 1.69. The topological polar surface area (TPSA) is 63.3 Å². The fraction of sp³-hybridized carbons (Fsp3) is 0.300. The highest BCUT2D eigenvalue weighted by Crippen LogP contribution is 2.31. The van der Waals surface area contributed by atoms with Crippen LogP contribution in [0, 0.1) is 0 Å². The number of nitrogens with two attached hydrogens (primary N) is 1. The fourth-order valence-corrected chi connectivity index (χ4v) is 1.89. The third kappa shape index (κ3) is 2.25. The molecule has 0 saturated heterocycles. The van der Waals surface area contributed by atoms with Crippen molar-refractivity contribution in [2.45, 2.75) is 18.9 Å². The summed E-state index contributed by atoms with van der Waals surface area (Å²) in [7, 11) is 0. The second kappa shape index (κ2) is 4.39. The highest BCUT2D eigenvalue weighted by Gasteiger charge is 2.35. The first kappa shape index (κ1) is 12.3. The zero-order valence-electron chi connectivity index (χ0n) is 8.13. The highest BCUT2D eigenvalue weighted by molar-refractivity contribution is 6.35. The Kier molecular flexibility index (Phi) is 3.60. The third-order valence-electron chi connectivity index (χ3n) is 2.35. The van der Waals surface area contributed by atoms with Crippen molar-refractivity contribution in [3.8, 4) is 0 Å². The molecule has 0 heterocycles. The Labute approximate surface area is 97.8 Å². The zero-order chi connectivity index (χ0) is 11.6. The molecule has 1 aromatic rings. The van der Waals surface area contributed by atoms with Crippen molar-refractivity contribution in [1.82, 2.24) is 0 Å². The number of carbonyl (C=O) groups is 1. The molecule has 0 saturated carbocycles. The number of halogens is 2. The summed E-state index contributed by atoms with van der Waals surface area (Å²) in [6.07, 6.45) is 0.254. The quantitative estimate of drug-likeness (QED) is 0.864. The number of benzene rings is 1. The summed E-state index contributed by atoms with van der Waals surface area (Å²) in [6, 6.07) is 4.60. The van der Waals surface area contributed by atoms with E-state index >= 15 is 0 Å². The van der Waals surface area contributed by atoms with Crippen LogP contribution in [-0.2, 0) is 10.3 Å². The van der Waals surface area contributed by atoms with Crippen molar-refractivity contribution in [3.05, 3.63) is 33.8 Å². The van der Waals surface area contributed by atoms with Crippen LogP contribution in [0.3, 0.4) is 0 Å². The monoisotopic (exact) mass is 247 g/mol. The molecule has 0 aromatic heterocycles. The molecule has 1 aromatic carbocycles. The summed E-state index contributed by atoms with van der Waals surface area (Å²) in [4.78, 5) is 11.1. The van der Waals surface area contributed by atoms with Gasteiger partial charge < -0.3 is 10.8 Å². The number of hydrogen-bond donors (Lipinski definition) is 2. The van der Waals surface area contributed by atoms with E-state index in [2.05, 4.69) is 0 Å². The fourth-order valence-electron chi connectivity index (χ4n) is 1.31. The van der Waals surface area contributed by atoms with Gasteiger partial charge in [-0.05, 0) is 18.6 Å². The van der Waals surface area contributed by atoms with E-state index in [1.54, 1.807) is 19.1 Å². The lowest BCUT2D eigenvalue weighted by molar-refractivity contribution is -0.143. The average molecular weight is 248 g/mol. The lowest BCUT2D eigenvalue weighted by Crippen LogP contribution is -2.44. The van der Waals surface area contributed by atoms with Crippen molar-refractivity contribution in [2.75, 3.05) is 0 Å². The molecular formula is C10H11Cl2NO2. The molecule has 0 amide bonds. The van der Waals surface area contributed by atoms with Gasteiger partial charge in [0.1, 0.15) is 5.54 Å². The molecule has 0 radical (unpaired) electrons. The lowest BCUT2D eigenvalue weighted by Gasteiger charge is -2.24. The van der Waals surface area contributed by atoms with E-state index in [4.69, 9.17) is 34.0 Å². The van der Waals surface area contributed by atoms with Gasteiger partial charge in [0, 0.05) is 15.6 Å². The second-order valence-corrected chi connectivity index (χ2v) is 4.10. The van der Waals surface area contributed by atoms with Crippen LogP contribution >= 0.6 is 23.2 Å². The van der Waals surface area contributed by atoms with E-state index in [-0.39, 0.29) is 11.4 Å². The van der Waals surface area contributed by atoms with Gasteiger partial charge in [-0.15, -0.1) is 0 Å². The third-order valence-corrected chi connectivity index (χ3v) is 2.90. The Balaban J connectivity index is 3.30. The smallest absolute Gasteiger partial charge is 0.328 e. The SMILES string of the molecule is CCC(N)(C(=O)O)c1ccc(Cl)cc1Cl. The van der Waals surface area contributed by atoms with Crippen molar-refractivity contribution in [3.63, 3.8) is 0 Å². The summed E-state index contributed by atoms with van der Waals surface area (Å²) in [5.74, 6) is -1.10. The van der Waals surface area contributed by atoms with Crippen LogP contribution in [0.15, 0.2) is 18.2 Å². The van der Waals surface area contributed by atoms with Gasteiger partial charge in [-0.3, -0.25) is 0 Å². The van der Waals surface area contributed by atoms with Crippen molar-refractivity contribution in [2.24, 2.45) is 5.73 Å². The molecule has 0 spiro atoms. The number of rotatable bonds is 3. The first-order chi connectivity index (χ1) is 6.91. The predicted molar refractivity (Wildman–Crippen MR) is 60.3 cm³/mol. The van der Waals surface area contributed by atoms with Crippen molar-refractivity contribution in [1.29, 1.82) is 0 Å². The van der Waals surface area contributed by atoms with Gasteiger partial charge in [0.25, 0.3) is 0 Å².